The molecule has 0 aliphatic heterocycles. The quantitative estimate of drug-likeness (QED) is 0.0698. The van der Waals surface area contributed by atoms with Crippen LogP contribution in [-0.2, 0) is 26.4 Å². The van der Waals surface area contributed by atoms with Crippen molar-refractivity contribution in [2.24, 2.45) is 17.6 Å². The molecule has 2 unspecified atom stereocenters. The number of Topliss-reactive ketones (excluding diaryl/α,β-unsaturated/α-hetero) is 2. The fourth-order valence-electron chi connectivity index (χ4n) is 5.86. The molecule has 3 aliphatic carbocycles. The van der Waals surface area contributed by atoms with Gasteiger partial charge in [-0.25, -0.2) is 0 Å². The van der Waals surface area contributed by atoms with Crippen molar-refractivity contribution < 1.29 is 57.3 Å². The molecule has 1 aromatic rings. The largest absolute Gasteiger partial charge is 0.510 e. The van der Waals surface area contributed by atoms with Crippen LogP contribution in [0.1, 0.15) is 35.7 Å². The van der Waals surface area contributed by atoms with Crippen molar-refractivity contribution in [2.75, 3.05) is 26.0 Å². The van der Waals surface area contributed by atoms with Crippen LogP contribution in [-0.4, -0.2) is 97.5 Å². The fraction of sp³-hybridized carbons (Fsp3) is 0.458. The standard InChI is InChI=1S/C24H28N4O9.H2O4S/c1-4-5-26-12-8-13(28(36)37)18(29)15-10(12)6-9-7-11-17(27(2)3)20(31)16(23(25)34)22(33)24(11,35)21(32)14(9)19(15)30;1-5(2,3)4/h8-9,11,17,26,29,31-32,35H,4-7H2,1-3H3,(H2,25,34);(H2,1,2,3,4)/t9?,11?,17-,24-;/m0./s1. The lowest BCUT2D eigenvalue weighted by atomic mass is 9.58. The number of phenols is 1. The molecule has 17 nitrogen and oxygen atoms in total. The summed E-state index contributed by atoms with van der Waals surface area (Å²) in [5.41, 5.74) is 0.695. The SMILES string of the molecule is CCCNc1cc([N+](=O)[O-])c(O)c2c1CC1CC3[C@H](N(C)C)C(O)=C(C(N)=O)C(=O)[C@@]3(O)C(O)=C1C2=O.O=S(=O)(O)O. The van der Waals surface area contributed by atoms with Gasteiger partial charge in [0.05, 0.1) is 16.5 Å². The summed E-state index contributed by atoms with van der Waals surface area (Å²) in [7, 11) is -1.59. The van der Waals surface area contributed by atoms with Gasteiger partial charge in [-0.15, -0.1) is 0 Å². The van der Waals surface area contributed by atoms with Gasteiger partial charge in [0.25, 0.3) is 5.91 Å². The molecule has 0 bridgehead atoms. The molecule has 0 aromatic heterocycles. The van der Waals surface area contributed by atoms with Crippen LogP contribution in [0.3, 0.4) is 0 Å². The highest BCUT2D eigenvalue weighted by molar-refractivity contribution is 7.79. The van der Waals surface area contributed by atoms with Crippen LogP contribution in [0.25, 0.3) is 0 Å². The third-order valence-electron chi connectivity index (χ3n) is 7.46. The van der Waals surface area contributed by atoms with E-state index in [4.69, 9.17) is 23.3 Å². The van der Waals surface area contributed by atoms with E-state index in [9.17, 15) is 44.9 Å². The first kappa shape index (κ1) is 32.4. The number of allylic oxidation sites excluding steroid dienone is 1. The van der Waals surface area contributed by atoms with Gasteiger partial charge in [-0.1, -0.05) is 6.92 Å². The number of nitrogens with two attached hydrogens (primary N) is 1. The number of carbonyl (C=O) groups is 3. The number of nitrogens with zero attached hydrogens (tertiary/aromatic N) is 2. The van der Waals surface area contributed by atoms with E-state index in [1.165, 1.54) is 19.0 Å². The summed E-state index contributed by atoms with van der Waals surface area (Å²) >= 11 is 0. The summed E-state index contributed by atoms with van der Waals surface area (Å²) in [4.78, 5) is 51.2. The number of benzene rings is 1. The Labute approximate surface area is 238 Å². The molecule has 1 aromatic carbocycles. The van der Waals surface area contributed by atoms with E-state index in [0.717, 1.165) is 6.07 Å². The molecule has 0 heterocycles. The summed E-state index contributed by atoms with van der Waals surface area (Å²) < 4.78 is 31.6. The molecule has 0 saturated carbocycles. The summed E-state index contributed by atoms with van der Waals surface area (Å²) in [6.45, 7) is 2.30. The van der Waals surface area contributed by atoms with E-state index in [0.29, 0.717) is 18.5 Å². The Hall–Kier alpha value is -4.10. The van der Waals surface area contributed by atoms with E-state index in [1.54, 1.807) is 0 Å². The van der Waals surface area contributed by atoms with Gasteiger partial charge in [-0.3, -0.25) is 38.5 Å². The Balaban J connectivity index is 0.000000892. The van der Waals surface area contributed by atoms with Gasteiger partial charge in [0.1, 0.15) is 17.1 Å². The number of carbonyl (C=O) groups excluding carboxylic acids is 3. The Morgan fingerprint density at radius 2 is 1.81 bits per heavy atom. The number of aliphatic hydroxyl groups excluding tert-OH is 2. The number of amides is 1. The van der Waals surface area contributed by atoms with Gasteiger partial charge in [-0.05, 0) is 44.8 Å². The molecule has 3 aliphatic rings. The number of aliphatic hydroxyl groups is 3. The molecule has 0 spiro atoms. The van der Waals surface area contributed by atoms with Gasteiger partial charge in [0.2, 0.25) is 11.5 Å². The minimum absolute atomic E-state index is 0.0339. The smallest absolute Gasteiger partial charge is 0.394 e. The third-order valence-corrected chi connectivity index (χ3v) is 7.46. The molecule has 0 radical (unpaired) electrons. The van der Waals surface area contributed by atoms with Gasteiger partial charge in [0.15, 0.2) is 11.4 Å². The number of nitro groups is 1. The van der Waals surface area contributed by atoms with Crippen LogP contribution in [0.5, 0.6) is 5.75 Å². The summed E-state index contributed by atoms with van der Waals surface area (Å²) in [6.07, 6.45) is 0.630. The van der Waals surface area contributed by atoms with E-state index in [1.807, 2.05) is 6.92 Å². The zero-order chi connectivity index (χ0) is 32.1. The number of nitrogens with one attached hydrogen (secondary N) is 1. The second-order valence-corrected chi connectivity index (χ2v) is 11.1. The number of rotatable bonds is 6. The maximum atomic E-state index is 13.7. The normalized spacial score (nSPS) is 25.3. The predicted molar refractivity (Wildman–Crippen MR) is 143 cm³/mol. The van der Waals surface area contributed by atoms with Crippen LogP contribution in [0.4, 0.5) is 11.4 Å². The molecule has 42 heavy (non-hydrogen) atoms. The number of nitro benzene ring substituents is 1. The number of phenolic OH excluding ortho intramolecular Hbond substituents is 1. The van der Waals surface area contributed by atoms with E-state index in [-0.39, 0.29) is 24.1 Å². The van der Waals surface area contributed by atoms with Gasteiger partial charge < -0.3 is 31.5 Å². The summed E-state index contributed by atoms with van der Waals surface area (Å²) in [6, 6.07) is 0.0408. The number of aromatic hydroxyl groups is 1. The molecule has 1 amide bonds. The molecule has 230 valence electrons. The highest BCUT2D eigenvalue weighted by Gasteiger charge is 2.63. The highest BCUT2D eigenvalue weighted by atomic mass is 32.3. The number of ketones is 2. The number of hydrogen-bond acceptors (Lipinski definition) is 13. The first-order chi connectivity index (χ1) is 19.3. The van der Waals surface area contributed by atoms with Crippen molar-refractivity contribution in [3.05, 3.63) is 50.0 Å². The van der Waals surface area contributed by atoms with Crippen molar-refractivity contribution in [3.8, 4) is 5.75 Å². The zero-order valence-corrected chi connectivity index (χ0v) is 23.4. The van der Waals surface area contributed by atoms with E-state index < -0.39 is 90.4 Å². The lowest BCUT2D eigenvalue weighted by Crippen LogP contribution is -2.63. The molecule has 4 atom stereocenters. The number of primary amides is 1. The second-order valence-electron chi connectivity index (χ2n) is 10.2. The average Bonchev–Trinajstić information content (AvgIpc) is 2.84. The van der Waals surface area contributed by atoms with Crippen LogP contribution in [0.2, 0.25) is 0 Å². The zero-order valence-electron chi connectivity index (χ0n) is 22.6. The molecule has 4 rings (SSSR count). The van der Waals surface area contributed by atoms with Crippen molar-refractivity contribution >= 4 is 39.2 Å². The van der Waals surface area contributed by atoms with Gasteiger partial charge in [0, 0.05) is 29.8 Å². The Morgan fingerprint density at radius 3 is 2.29 bits per heavy atom. The number of anilines is 1. The molecule has 0 saturated heterocycles. The van der Waals surface area contributed by atoms with Crippen LogP contribution < -0.4 is 11.1 Å². The fourth-order valence-corrected chi connectivity index (χ4v) is 5.86. The average molecular weight is 615 g/mol. The summed E-state index contributed by atoms with van der Waals surface area (Å²) in [5, 5.41) is 59.0. The molecule has 0 fully saturated rings. The minimum atomic E-state index is -4.67. The minimum Gasteiger partial charge on any atom is -0.510 e. The van der Waals surface area contributed by atoms with Crippen molar-refractivity contribution in [1.29, 1.82) is 0 Å². The first-order valence-corrected chi connectivity index (χ1v) is 13.8. The third kappa shape index (κ3) is 5.41. The lowest BCUT2D eigenvalue weighted by Gasteiger charge is -2.50. The van der Waals surface area contributed by atoms with Gasteiger partial charge in [-0.2, -0.15) is 8.42 Å². The molecular weight excluding hydrogens is 584 g/mol. The Bertz CT molecular complexity index is 1540. The molecule has 9 N–H and O–H groups in total. The maximum absolute atomic E-state index is 13.7. The lowest BCUT2D eigenvalue weighted by molar-refractivity contribution is -0.385. The first-order valence-electron chi connectivity index (χ1n) is 12.4. The second kappa shape index (κ2) is 11.3. The summed E-state index contributed by atoms with van der Waals surface area (Å²) in [5.74, 6) is -8.15. The van der Waals surface area contributed by atoms with Crippen molar-refractivity contribution in [1.82, 2.24) is 4.90 Å². The van der Waals surface area contributed by atoms with Crippen molar-refractivity contribution in [3.63, 3.8) is 0 Å². The van der Waals surface area contributed by atoms with E-state index in [2.05, 4.69) is 5.32 Å². The van der Waals surface area contributed by atoms with Crippen LogP contribution in [0, 0.1) is 22.0 Å². The van der Waals surface area contributed by atoms with Crippen LogP contribution in [0.15, 0.2) is 28.7 Å². The topological polar surface area (TPSA) is 291 Å². The molecular formula is C24H30N4O13S. The Kier molecular flexibility index (Phi) is 8.71. The number of hydrogen-bond donors (Lipinski definition) is 8. The predicted octanol–water partition coefficient (Wildman–Crippen LogP) is 0.198. The number of fused-ring (bicyclic) bond motifs is 3. The van der Waals surface area contributed by atoms with Crippen LogP contribution >= 0.6 is 0 Å². The van der Waals surface area contributed by atoms with Gasteiger partial charge >= 0.3 is 16.1 Å². The molecule has 18 heteroatoms. The van der Waals surface area contributed by atoms with E-state index >= 15 is 0 Å². The maximum Gasteiger partial charge on any atom is 0.394 e. The highest BCUT2D eigenvalue weighted by Crippen LogP contribution is 2.53. The van der Waals surface area contributed by atoms with Crippen molar-refractivity contribution in [2.45, 2.75) is 37.8 Å². The monoisotopic (exact) mass is 614 g/mol. The Morgan fingerprint density at radius 1 is 1.24 bits per heavy atom. The number of likely N-dealkylation sites (N-methyl/N-ethyl adjacent to an activating group) is 1.